The van der Waals surface area contributed by atoms with E-state index in [0.29, 0.717) is 23.0 Å². The summed E-state index contributed by atoms with van der Waals surface area (Å²) in [6.45, 7) is -0.750. The summed E-state index contributed by atoms with van der Waals surface area (Å²) in [4.78, 5) is 33.6. The van der Waals surface area contributed by atoms with Crippen LogP contribution < -0.4 is 14.8 Å². The molecule has 45 heavy (non-hydrogen) atoms. The van der Waals surface area contributed by atoms with E-state index in [2.05, 4.69) is 15.3 Å². The molecule has 14 heteroatoms. The van der Waals surface area contributed by atoms with E-state index in [4.69, 9.17) is 9.47 Å². The number of amides is 1. The van der Waals surface area contributed by atoms with Crippen molar-refractivity contribution >= 4 is 22.8 Å². The molecule has 6 rings (SSSR count). The van der Waals surface area contributed by atoms with Gasteiger partial charge < -0.3 is 25.0 Å². The van der Waals surface area contributed by atoms with Crippen LogP contribution in [0.25, 0.3) is 22.2 Å². The van der Waals surface area contributed by atoms with E-state index in [0.717, 1.165) is 25.0 Å². The Balaban J connectivity index is 1.41. The Labute approximate surface area is 251 Å². The van der Waals surface area contributed by atoms with Gasteiger partial charge in [-0.05, 0) is 62.2 Å². The van der Waals surface area contributed by atoms with Gasteiger partial charge in [-0.15, -0.1) is 0 Å². The molecule has 2 aromatic heterocycles. The number of aliphatic hydroxyl groups is 1. The molecule has 0 radical (unpaired) electrons. The Morgan fingerprint density at radius 3 is 2.53 bits per heavy atom. The second kappa shape index (κ2) is 10.6. The maximum atomic E-state index is 14.7. The monoisotopic (exact) mass is 629 g/mol. The molecule has 0 unspecified atom stereocenters. The van der Waals surface area contributed by atoms with E-state index in [1.807, 2.05) is 0 Å². The lowest BCUT2D eigenvalue weighted by atomic mass is 9.82. The zero-order chi connectivity index (χ0) is 32.3. The number of alkyl halides is 3. The third-order valence-electron chi connectivity index (χ3n) is 7.89. The van der Waals surface area contributed by atoms with Crippen LogP contribution in [0.4, 0.5) is 22.0 Å². The zero-order valence-corrected chi connectivity index (χ0v) is 23.4. The van der Waals surface area contributed by atoms with Gasteiger partial charge in [0.1, 0.15) is 34.7 Å². The number of pyridine rings is 2. The first kappa shape index (κ1) is 30.2. The van der Waals surface area contributed by atoms with Crippen molar-refractivity contribution in [2.75, 3.05) is 13.2 Å². The van der Waals surface area contributed by atoms with Crippen molar-refractivity contribution in [3.63, 3.8) is 0 Å². The fourth-order valence-corrected chi connectivity index (χ4v) is 5.00. The molecule has 1 aliphatic carbocycles. The van der Waals surface area contributed by atoms with Crippen molar-refractivity contribution in [3.05, 3.63) is 83.2 Å². The van der Waals surface area contributed by atoms with Crippen LogP contribution in [0, 0.1) is 11.6 Å². The summed E-state index contributed by atoms with van der Waals surface area (Å²) in [7, 11) is 0. The van der Waals surface area contributed by atoms with Gasteiger partial charge in [-0.1, -0.05) is 6.07 Å². The number of halogens is 5. The Bertz CT molecular complexity index is 1860. The number of nitrogens with one attached hydrogen (secondary N) is 1. The number of benzene rings is 2. The van der Waals surface area contributed by atoms with Crippen LogP contribution in [0.15, 0.2) is 54.7 Å². The molecule has 234 valence electrons. The third kappa shape index (κ3) is 5.28. The number of nitrogens with zero attached hydrogens (tertiary/aromatic N) is 2. The van der Waals surface area contributed by atoms with Crippen LogP contribution in [0.1, 0.15) is 41.4 Å². The molecule has 2 atom stereocenters. The number of carbonyl (C=O) groups is 2. The fraction of sp³-hybridized carbons (Fsp3) is 0.290. The summed E-state index contributed by atoms with van der Waals surface area (Å²) in [5.41, 5.74) is -7.40. The minimum atomic E-state index is -5.46. The Hall–Kier alpha value is -4.85. The SMILES string of the molecule is C[C@]1(C(=O)O)COc2c1cc([C@@](O)(CNC(=O)c1cc(OC3CC3)c3ncccc3c1)C(F)(F)F)nc2-c1ccc(F)c(F)c1. The van der Waals surface area contributed by atoms with Gasteiger partial charge in [-0.25, -0.2) is 13.8 Å². The maximum Gasteiger partial charge on any atom is 0.424 e. The number of aliphatic carboxylic acids is 1. The Morgan fingerprint density at radius 1 is 1.11 bits per heavy atom. The van der Waals surface area contributed by atoms with Crippen LogP contribution in [0.5, 0.6) is 11.5 Å². The van der Waals surface area contributed by atoms with Crippen LogP contribution >= 0.6 is 0 Å². The molecule has 1 fully saturated rings. The maximum absolute atomic E-state index is 14.7. The van der Waals surface area contributed by atoms with Crippen molar-refractivity contribution < 1.29 is 51.2 Å². The molecule has 0 saturated heterocycles. The van der Waals surface area contributed by atoms with E-state index in [1.165, 1.54) is 25.3 Å². The van der Waals surface area contributed by atoms with Crippen LogP contribution in [0.2, 0.25) is 0 Å². The molecule has 0 spiro atoms. The van der Waals surface area contributed by atoms with Crippen molar-refractivity contribution in [1.29, 1.82) is 0 Å². The highest BCUT2D eigenvalue weighted by Gasteiger charge is 2.58. The third-order valence-corrected chi connectivity index (χ3v) is 7.89. The van der Waals surface area contributed by atoms with Gasteiger partial charge in [0.05, 0.1) is 18.3 Å². The molecular formula is C31H24F5N3O6. The summed E-state index contributed by atoms with van der Waals surface area (Å²) in [6.07, 6.45) is -2.40. The second-order valence-electron chi connectivity index (χ2n) is 11.2. The number of rotatable bonds is 8. The molecule has 2 aliphatic rings. The second-order valence-corrected chi connectivity index (χ2v) is 11.2. The lowest BCUT2D eigenvalue weighted by Crippen LogP contribution is -2.51. The minimum absolute atomic E-state index is 0.0630. The molecule has 1 amide bonds. The molecule has 3 heterocycles. The number of ether oxygens (including phenoxy) is 2. The molecule has 9 nitrogen and oxygen atoms in total. The van der Waals surface area contributed by atoms with Gasteiger partial charge in [0.15, 0.2) is 11.6 Å². The summed E-state index contributed by atoms with van der Waals surface area (Å²) in [5, 5.41) is 23.7. The molecule has 2 aromatic carbocycles. The molecule has 0 bridgehead atoms. The van der Waals surface area contributed by atoms with Gasteiger partial charge in [0.2, 0.25) is 5.60 Å². The normalized spacial score (nSPS) is 19.0. The average molecular weight is 630 g/mol. The molecule has 1 saturated carbocycles. The van der Waals surface area contributed by atoms with Crippen LogP contribution in [0.3, 0.4) is 0 Å². The number of fused-ring (bicyclic) bond motifs is 2. The quantitative estimate of drug-likeness (QED) is 0.232. The van der Waals surface area contributed by atoms with Crippen molar-refractivity contribution in [1.82, 2.24) is 15.3 Å². The number of hydrogen-bond donors (Lipinski definition) is 3. The van der Waals surface area contributed by atoms with Gasteiger partial charge in [-0.2, -0.15) is 13.2 Å². The first-order valence-corrected chi connectivity index (χ1v) is 13.7. The van der Waals surface area contributed by atoms with Crippen molar-refractivity contribution in [2.24, 2.45) is 0 Å². The fourth-order valence-electron chi connectivity index (χ4n) is 5.00. The highest BCUT2D eigenvalue weighted by atomic mass is 19.4. The summed E-state index contributed by atoms with van der Waals surface area (Å²) in [5.74, 6) is -5.01. The first-order valence-electron chi connectivity index (χ1n) is 13.7. The minimum Gasteiger partial charge on any atom is -0.489 e. The Morgan fingerprint density at radius 2 is 1.87 bits per heavy atom. The highest BCUT2D eigenvalue weighted by molar-refractivity contribution is 6.00. The van der Waals surface area contributed by atoms with Crippen molar-refractivity contribution in [2.45, 2.75) is 43.1 Å². The average Bonchev–Trinajstić information content (AvgIpc) is 3.75. The number of carboxylic acids is 1. The summed E-state index contributed by atoms with van der Waals surface area (Å²) >= 11 is 0. The lowest BCUT2D eigenvalue weighted by molar-refractivity contribution is -0.265. The van der Waals surface area contributed by atoms with Crippen LogP contribution in [-0.4, -0.2) is 57.5 Å². The van der Waals surface area contributed by atoms with Crippen LogP contribution in [-0.2, 0) is 15.8 Å². The van der Waals surface area contributed by atoms with Gasteiger partial charge in [0, 0.05) is 28.3 Å². The van der Waals surface area contributed by atoms with Gasteiger partial charge in [0.25, 0.3) is 5.91 Å². The highest BCUT2D eigenvalue weighted by Crippen LogP contribution is 2.48. The molecular weight excluding hydrogens is 605 g/mol. The summed E-state index contributed by atoms with van der Waals surface area (Å²) < 4.78 is 83.3. The zero-order valence-electron chi connectivity index (χ0n) is 23.4. The Kier molecular flexibility index (Phi) is 7.14. The predicted octanol–water partition coefficient (Wildman–Crippen LogP) is 5.03. The van der Waals surface area contributed by atoms with E-state index < -0.39 is 65.2 Å². The van der Waals surface area contributed by atoms with E-state index >= 15 is 0 Å². The lowest BCUT2D eigenvalue weighted by Gasteiger charge is -2.31. The smallest absolute Gasteiger partial charge is 0.424 e. The first-order chi connectivity index (χ1) is 21.2. The molecule has 1 aliphatic heterocycles. The van der Waals surface area contributed by atoms with E-state index in [-0.39, 0.29) is 34.3 Å². The largest absolute Gasteiger partial charge is 0.489 e. The number of hydrogen-bond acceptors (Lipinski definition) is 7. The predicted molar refractivity (Wildman–Crippen MR) is 148 cm³/mol. The van der Waals surface area contributed by atoms with E-state index in [9.17, 15) is 41.8 Å². The molecule has 3 N–H and O–H groups in total. The topological polar surface area (TPSA) is 131 Å². The van der Waals surface area contributed by atoms with Crippen molar-refractivity contribution in [3.8, 4) is 22.8 Å². The summed E-state index contributed by atoms with van der Waals surface area (Å²) in [6, 6.07) is 9.16. The number of carboxylic acid groups (broad SMARTS) is 1. The van der Waals surface area contributed by atoms with E-state index in [1.54, 1.807) is 12.1 Å². The van der Waals surface area contributed by atoms with Gasteiger partial charge in [-0.3, -0.25) is 14.6 Å². The number of carbonyl (C=O) groups excluding carboxylic acids is 1. The molecule has 4 aromatic rings. The van der Waals surface area contributed by atoms with Gasteiger partial charge >= 0.3 is 12.1 Å². The number of aromatic nitrogens is 2. The standard InChI is InChI=1S/C31H24F5N3O6/c1-29(28(41)42)14-44-26-19(29)12-23(39-25(26)16-4-7-20(32)21(33)10-16)30(43,31(34,35)36)13-38-27(40)17-9-15-3-2-8-37-24(15)22(11-17)45-18-5-6-18/h2-4,7-12,18,43H,5-6,13-14H2,1H3,(H,38,40)(H,41,42)/t29-,30-/m0/s1.